The number of benzene rings is 1. The Morgan fingerprint density at radius 2 is 2.18 bits per heavy atom. The summed E-state index contributed by atoms with van der Waals surface area (Å²) in [7, 11) is 1.63. The Bertz CT molecular complexity index is 505. The fraction of sp³-hybridized carbons (Fsp3) is 0.462. The molecule has 0 saturated carbocycles. The topological polar surface area (TPSA) is 61.3 Å². The van der Waals surface area contributed by atoms with Crippen LogP contribution < -0.4 is 10.5 Å². The highest BCUT2D eigenvalue weighted by molar-refractivity contribution is 5.79. The molecule has 1 aromatic heterocycles. The molecule has 17 heavy (non-hydrogen) atoms. The Labute approximate surface area is 101 Å². The molecule has 1 heterocycles. The Morgan fingerprint density at radius 1 is 1.41 bits per heavy atom. The molecule has 0 aliphatic rings. The van der Waals surface area contributed by atoms with Gasteiger partial charge in [-0.3, -0.25) is 0 Å². The smallest absolute Gasteiger partial charge is 0.197 e. The summed E-state index contributed by atoms with van der Waals surface area (Å²) in [5.41, 5.74) is 7.52. The molecule has 0 amide bonds. The summed E-state index contributed by atoms with van der Waals surface area (Å²) in [6.45, 7) is 4.18. The van der Waals surface area contributed by atoms with Crippen LogP contribution >= 0.6 is 0 Å². The molecule has 0 spiro atoms. The number of ether oxygens (including phenoxy) is 1. The lowest BCUT2D eigenvalue weighted by molar-refractivity contribution is 0.419. The van der Waals surface area contributed by atoms with Gasteiger partial charge in [0, 0.05) is 12.5 Å². The van der Waals surface area contributed by atoms with E-state index in [2.05, 4.69) is 18.8 Å². The monoisotopic (exact) mass is 234 g/mol. The van der Waals surface area contributed by atoms with Gasteiger partial charge in [0.15, 0.2) is 17.0 Å². The van der Waals surface area contributed by atoms with Crippen LogP contribution in [0.1, 0.15) is 19.7 Å². The fourth-order valence-corrected chi connectivity index (χ4v) is 1.66. The predicted octanol–water partition coefficient (Wildman–Crippen LogP) is 2.36. The second-order valence-electron chi connectivity index (χ2n) is 4.53. The number of hydrogen-bond donors (Lipinski definition) is 1. The Morgan fingerprint density at radius 3 is 2.82 bits per heavy atom. The van der Waals surface area contributed by atoms with Crippen molar-refractivity contribution in [2.24, 2.45) is 11.7 Å². The third-order valence-corrected chi connectivity index (χ3v) is 2.91. The van der Waals surface area contributed by atoms with Crippen molar-refractivity contribution in [1.82, 2.24) is 4.98 Å². The molecule has 4 nitrogen and oxygen atoms in total. The predicted molar refractivity (Wildman–Crippen MR) is 67.1 cm³/mol. The number of methoxy groups -OCH3 is 1. The molecule has 0 radical (unpaired) electrons. The van der Waals surface area contributed by atoms with Crippen molar-refractivity contribution >= 4 is 11.1 Å². The minimum Gasteiger partial charge on any atom is -0.494 e. The molecule has 0 fully saturated rings. The molecule has 1 aromatic carbocycles. The third kappa shape index (κ3) is 2.42. The van der Waals surface area contributed by atoms with Gasteiger partial charge in [0.1, 0.15) is 5.75 Å². The van der Waals surface area contributed by atoms with Crippen molar-refractivity contribution in [1.29, 1.82) is 0 Å². The normalized spacial score (nSPS) is 13.2. The number of hydrogen-bond acceptors (Lipinski definition) is 4. The summed E-state index contributed by atoms with van der Waals surface area (Å²) in [5.74, 6) is 1.81. The van der Waals surface area contributed by atoms with Crippen LogP contribution in [0.15, 0.2) is 22.6 Å². The van der Waals surface area contributed by atoms with Gasteiger partial charge in [-0.1, -0.05) is 19.9 Å². The molecule has 0 aliphatic heterocycles. The van der Waals surface area contributed by atoms with E-state index >= 15 is 0 Å². The molecule has 4 heteroatoms. The molecule has 92 valence electrons. The van der Waals surface area contributed by atoms with Crippen LogP contribution in [0.4, 0.5) is 0 Å². The standard InChI is InChI=1S/C13H18N2O2/c1-8(2)9(14)7-12-15-13-10(16-3)5-4-6-11(13)17-12/h4-6,8-9H,7,14H2,1-3H3. The second kappa shape index (κ2) is 4.75. The summed E-state index contributed by atoms with van der Waals surface area (Å²) in [6.07, 6.45) is 0.648. The van der Waals surface area contributed by atoms with Crippen LogP contribution in [0.2, 0.25) is 0 Å². The number of fused-ring (bicyclic) bond motifs is 1. The van der Waals surface area contributed by atoms with E-state index in [1.54, 1.807) is 7.11 Å². The van der Waals surface area contributed by atoms with Gasteiger partial charge in [-0.25, -0.2) is 4.98 Å². The van der Waals surface area contributed by atoms with Crippen LogP contribution in [0.3, 0.4) is 0 Å². The molecule has 1 unspecified atom stereocenters. The summed E-state index contributed by atoms with van der Waals surface area (Å²) in [4.78, 5) is 4.43. The first kappa shape index (κ1) is 11.9. The van der Waals surface area contributed by atoms with Crippen molar-refractivity contribution in [2.45, 2.75) is 26.3 Å². The Kier molecular flexibility index (Phi) is 3.33. The highest BCUT2D eigenvalue weighted by Crippen LogP contribution is 2.25. The lowest BCUT2D eigenvalue weighted by Gasteiger charge is -2.12. The molecule has 0 saturated heterocycles. The number of rotatable bonds is 4. The Balaban J connectivity index is 2.31. The second-order valence-corrected chi connectivity index (χ2v) is 4.53. The zero-order valence-corrected chi connectivity index (χ0v) is 10.4. The maximum absolute atomic E-state index is 6.01. The quantitative estimate of drug-likeness (QED) is 0.882. The summed E-state index contributed by atoms with van der Waals surface area (Å²) >= 11 is 0. The van der Waals surface area contributed by atoms with Gasteiger partial charge in [0.05, 0.1) is 7.11 Å². The zero-order chi connectivity index (χ0) is 12.4. The first-order valence-electron chi connectivity index (χ1n) is 5.80. The minimum absolute atomic E-state index is 0.0639. The maximum atomic E-state index is 6.01. The SMILES string of the molecule is COc1cccc2oc(CC(N)C(C)C)nc12. The zero-order valence-electron chi connectivity index (χ0n) is 10.4. The third-order valence-electron chi connectivity index (χ3n) is 2.91. The van der Waals surface area contributed by atoms with Crippen molar-refractivity contribution < 1.29 is 9.15 Å². The van der Waals surface area contributed by atoms with Gasteiger partial charge in [-0.15, -0.1) is 0 Å². The number of para-hydroxylation sites is 1. The fourth-order valence-electron chi connectivity index (χ4n) is 1.66. The van der Waals surface area contributed by atoms with Crippen molar-refractivity contribution in [3.63, 3.8) is 0 Å². The van der Waals surface area contributed by atoms with Crippen molar-refractivity contribution in [3.05, 3.63) is 24.1 Å². The molecular weight excluding hydrogens is 216 g/mol. The lowest BCUT2D eigenvalue weighted by atomic mass is 10.0. The Hall–Kier alpha value is -1.55. The number of nitrogens with zero attached hydrogens (tertiary/aromatic N) is 1. The van der Waals surface area contributed by atoms with Crippen LogP contribution in [0.25, 0.3) is 11.1 Å². The molecular formula is C13H18N2O2. The van der Waals surface area contributed by atoms with E-state index in [4.69, 9.17) is 14.9 Å². The molecule has 0 bridgehead atoms. The van der Waals surface area contributed by atoms with E-state index in [0.29, 0.717) is 18.2 Å². The van der Waals surface area contributed by atoms with Crippen LogP contribution in [0, 0.1) is 5.92 Å². The molecule has 0 aliphatic carbocycles. The van der Waals surface area contributed by atoms with Crippen LogP contribution in [-0.2, 0) is 6.42 Å². The molecule has 2 aromatic rings. The first-order chi connectivity index (χ1) is 8.11. The highest BCUT2D eigenvalue weighted by Gasteiger charge is 2.15. The van der Waals surface area contributed by atoms with E-state index in [0.717, 1.165) is 16.8 Å². The largest absolute Gasteiger partial charge is 0.494 e. The minimum atomic E-state index is 0.0639. The van der Waals surface area contributed by atoms with Crippen molar-refractivity contribution in [2.75, 3.05) is 7.11 Å². The maximum Gasteiger partial charge on any atom is 0.197 e. The van der Waals surface area contributed by atoms with Gasteiger partial charge < -0.3 is 14.9 Å². The average molecular weight is 234 g/mol. The van der Waals surface area contributed by atoms with E-state index in [9.17, 15) is 0 Å². The molecule has 2 N–H and O–H groups in total. The number of nitrogens with two attached hydrogens (primary N) is 1. The highest BCUT2D eigenvalue weighted by atomic mass is 16.5. The van der Waals surface area contributed by atoms with E-state index < -0.39 is 0 Å². The first-order valence-corrected chi connectivity index (χ1v) is 5.80. The van der Waals surface area contributed by atoms with Gasteiger partial charge >= 0.3 is 0 Å². The summed E-state index contributed by atoms with van der Waals surface area (Å²) in [5, 5.41) is 0. The number of aromatic nitrogens is 1. The van der Waals surface area contributed by atoms with E-state index in [-0.39, 0.29) is 6.04 Å². The summed E-state index contributed by atoms with van der Waals surface area (Å²) < 4.78 is 10.9. The molecule has 2 rings (SSSR count). The molecule has 1 atom stereocenters. The van der Waals surface area contributed by atoms with Crippen LogP contribution in [-0.4, -0.2) is 18.1 Å². The van der Waals surface area contributed by atoms with Crippen molar-refractivity contribution in [3.8, 4) is 5.75 Å². The van der Waals surface area contributed by atoms with Gasteiger partial charge in [-0.05, 0) is 18.1 Å². The summed E-state index contributed by atoms with van der Waals surface area (Å²) in [6, 6.07) is 5.71. The van der Waals surface area contributed by atoms with Gasteiger partial charge in [0.25, 0.3) is 0 Å². The number of oxazole rings is 1. The van der Waals surface area contributed by atoms with Gasteiger partial charge in [-0.2, -0.15) is 0 Å². The van der Waals surface area contributed by atoms with Gasteiger partial charge in [0.2, 0.25) is 0 Å². The van der Waals surface area contributed by atoms with Crippen LogP contribution in [0.5, 0.6) is 5.75 Å². The van der Waals surface area contributed by atoms with E-state index in [1.807, 2.05) is 18.2 Å². The van der Waals surface area contributed by atoms with E-state index in [1.165, 1.54) is 0 Å². The average Bonchev–Trinajstić information content (AvgIpc) is 2.70. The lowest BCUT2D eigenvalue weighted by Crippen LogP contribution is -2.28.